The third-order valence-electron chi connectivity index (χ3n) is 4.63. The van der Waals surface area contributed by atoms with Crippen molar-refractivity contribution in [3.05, 3.63) is 63.6 Å². The van der Waals surface area contributed by atoms with Gasteiger partial charge >= 0.3 is 0 Å². The molecule has 1 unspecified atom stereocenters. The van der Waals surface area contributed by atoms with Gasteiger partial charge in [-0.3, -0.25) is 4.79 Å². The monoisotopic (exact) mass is 387 g/mol. The first-order valence-corrected chi connectivity index (χ1v) is 9.08. The van der Waals surface area contributed by atoms with Gasteiger partial charge in [-0.2, -0.15) is 0 Å². The van der Waals surface area contributed by atoms with Crippen LogP contribution in [0.5, 0.6) is 5.75 Å². The molecule has 0 saturated carbocycles. The molecule has 4 heteroatoms. The maximum atomic E-state index is 13.0. The summed E-state index contributed by atoms with van der Waals surface area (Å²) in [5, 5.41) is 0. The molecular weight excluding hydrogens is 366 g/mol. The number of likely N-dealkylation sites (tertiary alicyclic amines) is 1. The van der Waals surface area contributed by atoms with E-state index in [1.165, 1.54) is 11.1 Å². The molecule has 1 aliphatic rings. The summed E-state index contributed by atoms with van der Waals surface area (Å²) in [6.45, 7) is 2.91. The summed E-state index contributed by atoms with van der Waals surface area (Å²) in [4.78, 5) is 15.0. The fourth-order valence-electron chi connectivity index (χ4n) is 3.26. The van der Waals surface area contributed by atoms with E-state index in [0.29, 0.717) is 11.3 Å². The molecule has 3 rings (SSSR count). The highest BCUT2D eigenvalue weighted by molar-refractivity contribution is 9.10. The molecule has 24 heavy (non-hydrogen) atoms. The molecule has 2 aromatic carbocycles. The molecule has 1 atom stereocenters. The summed E-state index contributed by atoms with van der Waals surface area (Å²) >= 11 is 3.50. The highest BCUT2D eigenvalue weighted by Crippen LogP contribution is 2.28. The number of hydrogen-bond acceptors (Lipinski definition) is 2. The van der Waals surface area contributed by atoms with Gasteiger partial charge in [-0.1, -0.05) is 29.8 Å². The fraction of sp³-hybridized carbons (Fsp3) is 0.350. The van der Waals surface area contributed by atoms with Crippen molar-refractivity contribution < 1.29 is 9.53 Å². The number of nitrogens with zero attached hydrogens (tertiary/aromatic N) is 1. The minimum Gasteiger partial charge on any atom is -0.497 e. The Morgan fingerprint density at radius 2 is 2.00 bits per heavy atom. The fourth-order valence-corrected chi connectivity index (χ4v) is 3.68. The Morgan fingerprint density at radius 3 is 2.71 bits per heavy atom. The third-order valence-corrected chi connectivity index (χ3v) is 5.33. The van der Waals surface area contributed by atoms with Crippen molar-refractivity contribution in [3.63, 3.8) is 0 Å². The van der Waals surface area contributed by atoms with Gasteiger partial charge in [-0.25, -0.2) is 0 Å². The summed E-state index contributed by atoms with van der Waals surface area (Å²) in [5.41, 5.74) is 3.22. The molecule has 3 nitrogen and oxygen atoms in total. The highest BCUT2D eigenvalue weighted by Gasteiger charge is 2.30. The van der Waals surface area contributed by atoms with Crippen LogP contribution in [0.1, 0.15) is 34.3 Å². The van der Waals surface area contributed by atoms with Crippen molar-refractivity contribution in [2.24, 2.45) is 0 Å². The van der Waals surface area contributed by atoms with E-state index in [-0.39, 0.29) is 11.9 Å². The van der Waals surface area contributed by atoms with E-state index >= 15 is 0 Å². The van der Waals surface area contributed by atoms with E-state index < -0.39 is 0 Å². The number of carbonyl (C=O) groups excluding carboxylic acids is 1. The lowest BCUT2D eigenvalue weighted by atomic mass is 10.0. The lowest BCUT2D eigenvalue weighted by molar-refractivity contribution is 0.0735. The Balaban J connectivity index is 1.79. The molecule has 0 bridgehead atoms. The molecule has 1 saturated heterocycles. The number of methoxy groups -OCH3 is 1. The Labute approximate surface area is 151 Å². The molecule has 0 spiro atoms. The number of hydrogen-bond donors (Lipinski definition) is 0. The van der Waals surface area contributed by atoms with Gasteiger partial charge in [0.1, 0.15) is 5.75 Å². The second kappa shape index (κ2) is 7.39. The van der Waals surface area contributed by atoms with Crippen molar-refractivity contribution >= 4 is 21.8 Å². The van der Waals surface area contributed by atoms with Crippen molar-refractivity contribution in [1.82, 2.24) is 4.90 Å². The van der Waals surface area contributed by atoms with Gasteiger partial charge in [-0.15, -0.1) is 0 Å². The van der Waals surface area contributed by atoms with E-state index in [4.69, 9.17) is 4.74 Å². The molecule has 126 valence electrons. The van der Waals surface area contributed by atoms with Crippen molar-refractivity contribution in [2.45, 2.75) is 32.2 Å². The molecule has 1 aliphatic heterocycles. The van der Waals surface area contributed by atoms with Crippen LogP contribution in [0.25, 0.3) is 0 Å². The van der Waals surface area contributed by atoms with Gasteiger partial charge in [0.05, 0.1) is 12.7 Å². The van der Waals surface area contributed by atoms with Crippen LogP contribution in [0.2, 0.25) is 0 Å². The zero-order valence-corrected chi connectivity index (χ0v) is 15.7. The standard InChI is InChI=1S/C20H22BrNO2/c1-14-5-7-15(8-6-14)12-16-4-3-11-22(16)20(23)18-13-17(24-2)9-10-19(18)21/h5-10,13,16H,3-4,11-12H2,1-2H3. The van der Waals surface area contributed by atoms with Crippen LogP contribution in [-0.2, 0) is 6.42 Å². The molecule has 0 aromatic heterocycles. The first-order chi connectivity index (χ1) is 11.6. The van der Waals surface area contributed by atoms with Crippen LogP contribution < -0.4 is 4.74 Å². The van der Waals surface area contributed by atoms with E-state index in [1.807, 2.05) is 23.1 Å². The Morgan fingerprint density at radius 1 is 1.25 bits per heavy atom. The Kier molecular flexibility index (Phi) is 5.24. The number of ether oxygens (including phenoxy) is 1. The predicted octanol–water partition coefficient (Wildman–Crippen LogP) is 4.61. The topological polar surface area (TPSA) is 29.5 Å². The minimum atomic E-state index is 0.0791. The van der Waals surface area contributed by atoms with Crippen LogP contribution in [0, 0.1) is 6.92 Å². The largest absolute Gasteiger partial charge is 0.497 e. The number of benzene rings is 2. The summed E-state index contributed by atoms with van der Waals surface area (Å²) in [6, 6.07) is 14.4. The van der Waals surface area contributed by atoms with E-state index in [9.17, 15) is 4.79 Å². The third kappa shape index (κ3) is 3.64. The van der Waals surface area contributed by atoms with Gasteiger partial charge in [-0.05, 0) is 65.9 Å². The number of halogens is 1. The summed E-state index contributed by atoms with van der Waals surface area (Å²) in [6.07, 6.45) is 3.03. The van der Waals surface area contributed by atoms with Gasteiger partial charge in [0.2, 0.25) is 0 Å². The normalized spacial score (nSPS) is 17.1. The minimum absolute atomic E-state index is 0.0791. The first kappa shape index (κ1) is 17.0. The number of carbonyl (C=O) groups is 1. The Bertz CT molecular complexity index is 727. The van der Waals surface area contributed by atoms with Crippen LogP contribution in [0.3, 0.4) is 0 Å². The van der Waals surface area contributed by atoms with Crippen molar-refractivity contribution in [3.8, 4) is 5.75 Å². The maximum Gasteiger partial charge on any atom is 0.255 e. The van der Waals surface area contributed by atoms with Gasteiger partial charge in [0, 0.05) is 17.1 Å². The van der Waals surface area contributed by atoms with Crippen LogP contribution in [0.4, 0.5) is 0 Å². The average Bonchev–Trinajstić information content (AvgIpc) is 3.05. The highest BCUT2D eigenvalue weighted by atomic mass is 79.9. The average molecular weight is 388 g/mol. The summed E-state index contributed by atoms with van der Waals surface area (Å²) in [7, 11) is 1.62. The maximum absolute atomic E-state index is 13.0. The molecular formula is C20H22BrNO2. The molecule has 2 aromatic rings. The molecule has 1 heterocycles. The predicted molar refractivity (Wildman–Crippen MR) is 99.6 cm³/mol. The quantitative estimate of drug-likeness (QED) is 0.766. The van der Waals surface area contributed by atoms with Crippen molar-refractivity contribution in [2.75, 3.05) is 13.7 Å². The number of aryl methyl sites for hydroxylation is 1. The molecule has 0 N–H and O–H groups in total. The Hall–Kier alpha value is -1.81. The number of amides is 1. The van der Waals surface area contributed by atoms with E-state index in [2.05, 4.69) is 47.1 Å². The summed E-state index contributed by atoms with van der Waals surface area (Å²) in [5.74, 6) is 0.784. The van der Waals surface area contributed by atoms with Crippen LogP contribution >= 0.6 is 15.9 Å². The van der Waals surface area contributed by atoms with Gasteiger partial charge < -0.3 is 9.64 Å². The van der Waals surface area contributed by atoms with Crippen LogP contribution in [-0.4, -0.2) is 30.5 Å². The lowest BCUT2D eigenvalue weighted by Crippen LogP contribution is -2.37. The molecule has 0 aliphatic carbocycles. The smallest absolute Gasteiger partial charge is 0.255 e. The van der Waals surface area contributed by atoms with Gasteiger partial charge in [0.15, 0.2) is 0 Å². The SMILES string of the molecule is COc1ccc(Br)c(C(=O)N2CCCC2Cc2ccc(C)cc2)c1. The second-order valence-electron chi connectivity index (χ2n) is 6.33. The molecule has 1 amide bonds. The summed E-state index contributed by atoms with van der Waals surface area (Å²) < 4.78 is 6.08. The molecule has 0 radical (unpaired) electrons. The zero-order valence-electron chi connectivity index (χ0n) is 14.1. The zero-order chi connectivity index (χ0) is 17.1. The van der Waals surface area contributed by atoms with Gasteiger partial charge in [0.25, 0.3) is 5.91 Å². The molecule has 1 fully saturated rings. The lowest BCUT2D eigenvalue weighted by Gasteiger charge is -2.25. The number of rotatable bonds is 4. The second-order valence-corrected chi connectivity index (χ2v) is 7.18. The van der Waals surface area contributed by atoms with E-state index in [0.717, 1.165) is 30.3 Å². The van der Waals surface area contributed by atoms with Crippen molar-refractivity contribution in [1.29, 1.82) is 0 Å². The van der Waals surface area contributed by atoms with E-state index in [1.54, 1.807) is 7.11 Å². The first-order valence-electron chi connectivity index (χ1n) is 8.28. The van der Waals surface area contributed by atoms with Crippen LogP contribution in [0.15, 0.2) is 46.9 Å².